The number of hydrogen-bond donors (Lipinski definition) is 1. The van der Waals surface area contributed by atoms with Crippen molar-refractivity contribution in [2.45, 2.75) is 51.5 Å². The molecule has 1 atom stereocenters. The first-order chi connectivity index (χ1) is 9.02. The number of sulfone groups is 1. The number of nitrogens with zero attached hydrogens (tertiary/aromatic N) is 2. The highest BCUT2D eigenvalue weighted by atomic mass is 32.2. The standard InChI is InChI=1S/C13H23N3O2S/c1-2-3-4-5-6-11-9-13(14)16(15-11)12-7-8-19(17,18)10-12/h9,12H,2-8,10,14H2,1H3. The molecule has 1 aliphatic rings. The molecule has 1 aromatic heterocycles. The maximum atomic E-state index is 11.5. The maximum Gasteiger partial charge on any atom is 0.152 e. The zero-order valence-corrected chi connectivity index (χ0v) is 12.3. The van der Waals surface area contributed by atoms with Crippen molar-refractivity contribution in [1.82, 2.24) is 9.78 Å². The van der Waals surface area contributed by atoms with E-state index in [-0.39, 0.29) is 17.5 Å². The van der Waals surface area contributed by atoms with Gasteiger partial charge in [-0.15, -0.1) is 0 Å². The van der Waals surface area contributed by atoms with Crippen LogP contribution in [-0.2, 0) is 16.3 Å². The SMILES string of the molecule is CCCCCCc1cc(N)n(C2CCS(=O)(=O)C2)n1. The zero-order valence-electron chi connectivity index (χ0n) is 11.5. The molecule has 2 N–H and O–H groups in total. The Bertz CT molecular complexity index is 522. The Kier molecular flexibility index (Phi) is 4.50. The fourth-order valence-electron chi connectivity index (χ4n) is 2.58. The zero-order chi connectivity index (χ0) is 13.9. The number of hydrogen-bond acceptors (Lipinski definition) is 4. The average Bonchev–Trinajstić information content (AvgIpc) is 2.88. The Morgan fingerprint density at radius 3 is 2.84 bits per heavy atom. The molecule has 1 saturated heterocycles. The molecule has 2 rings (SSSR count). The quantitative estimate of drug-likeness (QED) is 0.810. The van der Waals surface area contributed by atoms with Crippen LogP contribution in [0.4, 0.5) is 5.82 Å². The van der Waals surface area contributed by atoms with Crippen LogP contribution in [0.15, 0.2) is 6.07 Å². The van der Waals surface area contributed by atoms with Crippen LogP contribution in [0, 0.1) is 0 Å². The van der Waals surface area contributed by atoms with Crippen LogP contribution in [0.25, 0.3) is 0 Å². The Hall–Kier alpha value is -1.04. The van der Waals surface area contributed by atoms with E-state index in [4.69, 9.17) is 5.73 Å². The Labute approximate surface area is 115 Å². The van der Waals surface area contributed by atoms with Gasteiger partial charge < -0.3 is 5.73 Å². The Balaban J connectivity index is 1.97. The monoisotopic (exact) mass is 285 g/mol. The highest BCUT2D eigenvalue weighted by molar-refractivity contribution is 7.91. The van der Waals surface area contributed by atoms with Gasteiger partial charge in [0.15, 0.2) is 9.84 Å². The van der Waals surface area contributed by atoms with Crippen molar-refractivity contribution in [1.29, 1.82) is 0 Å². The average molecular weight is 285 g/mol. The molecule has 0 saturated carbocycles. The fourth-order valence-corrected chi connectivity index (χ4v) is 4.27. The number of aryl methyl sites for hydroxylation is 1. The second kappa shape index (κ2) is 5.94. The number of rotatable bonds is 6. The predicted octanol–water partition coefficient (Wildman–Crippen LogP) is 1.95. The molecule has 0 amide bonds. The van der Waals surface area contributed by atoms with Crippen LogP contribution in [0.3, 0.4) is 0 Å². The molecule has 6 heteroatoms. The van der Waals surface area contributed by atoms with Gasteiger partial charge in [0.1, 0.15) is 5.82 Å². The topological polar surface area (TPSA) is 78.0 Å². The van der Waals surface area contributed by atoms with E-state index in [1.54, 1.807) is 4.68 Å². The van der Waals surface area contributed by atoms with Crippen molar-refractivity contribution >= 4 is 15.7 Å². The van der Waals surface area contributed by atoms with Gasteiger partial charge in [0.05, 0.1) is 23.2 Å². The third-order valence-corrected chi connectivity index (χ3v) is 5.41. The highest BCUT2D eigenvalue weighted by Crippen LogP contribution is 2.26. The van der Waals surface area contributed by atoms with Crippen LogP contribution < -0.4 is 5.73 Å². The van der Waals surface area contributed by atoms with Gasteiger partial charge in [-0.25, -0.2) is 13.1 Å². The van der Waals surface area contributed by atoms with Crippen molar-refractivity contribution in [2.75, 3.05) is 17.2 Å². The third kappa shape index (κ3) is 3.72. The summed E-state index contributed by atoms with van der Waals surface area (Å²) in [5.41, 5.74) is 6.93. The van der Waals surface area contributed by atoms with E-state index in [1.807, 2.05) is 6.07 Å². The predicted molar refractivity (Wildman–Crippen MR) is 76.8 cm³/mol. The van der Waals surface area contributed by atoms with E-state index in [0.717, 1.165) is 18.5 Å². The lowest BCUT2D eigenvalue weighted by Crippen LogP contribution is -2.14. The van der Waals surface area contributed by atoms with Gasteiger partial charge in [0, 0.05) is 6.07 Å². The minimum absolute atomic E-state index is 0.0746. The van der Waals surface area contributed by atoms with Crippen molar-refractivity contribution < 1.29 is 8.42 Å². The second-order valence-corrected chi connectivity index (χ2v) is 7.60. The molecule has 19 heavy (non-hydrogen) atoms. The van der Waals surface area contributed by atoms with Gasteiger partial charge in [-0.2, -0.15) is 5.10 Å². The lowest BCUT2D eigenvalue weighted by Gasteiger charge is -2.09. The first kappa shape index (κ1) is 14.4. The Morgan fingerprint density at radius 2 is 2.21 bits per heavy atom. The van der Waals surface area contributed by atoms with Gasteiger partial charge in [0.2, 0.25) is 0 Å². The van der Waals surface area contributed by atoms with Crippen molar-refractivity contribution in [3.05, 3.63) is 11.8 Å². The van der Waals surface area contributed by atoms with Crippen molar-refractivity contribution in [3.63, 3.8) is 0 Å². The summed E-state index contributed by atoms with van der Waals surface area (Å²) in [7, 11) is -2.89. The van der Waals surface area contributed by atoms with Crippen molar-refractivity contribution in [2.24, 2.45) is 0 Å². The van der Waals surface area contributed by atoms with E-state index >= 15 is 0 Å². The van der Waals surface area contributed by atoms with Gasteiger partial charge in [0.25, 0.3) is 0 Å². The molecule has 108 valence electrons. The van der Waals surface area contributed by atoms with Crippen LogP contribution >= 0.6 is 0 Å². The molecule has 1 aromatic rings. The summed E-state index contributed by atoms with van der Waals surface area (Å²) in [4.78, 5) is 0. The van der Waals surface area contributed by atoms with Gasteiger partial charge in [-0.1, -0.05) is 26.2 Å². The summed E-state index contributed by atoms with van der Waals surface area (Å²) in [5, 5.41) is 4.48. The normalized spacial score (nSPS) is 21.8. The van der Waals surface area contributed by atoms with Gasteiger partial charge in [-0.05, 0) is 19.3 Å². The highest BCUT2D eigenvalue weighted by Gasteiger charge is 2.30. The lowest BCUT2D eigenvalue weighted by molar-refractivity contribution is 0.500. The smallest absolute Gasteiger partial charge is 0.152 e. The summed E-state index contributed by atoms with van der Waals surface area (Å²) in [5.74, 6) is 1.02. The first-order valence-electron chi connectivity index (χ1n) is 7.06. The second-order valence-electron chi connectivity index (χ2n) is 5.37. The van der Waals surface area contributed by atoms with Crippen LogP contribution in [0.5, 0.6) is 0 Å². The molecule has 0 bridgehead atoms. The minimum atomic E-state index is -2.89. The largest absolute Gasteiger partial charge is 0.384 e. The van der Waals surface area contributed by atoms with E-state index in [0.29, 0.717) is 12.2 Å². The number of nitrogen functional groups attached to an aromatic ring is 1. The summed E-state index contributed by atoms with van der Waals surface area (Å²) in [6.07, 6.45) is 6.35. The molecule has 0 aliphatic carbocycles. The summed E-state index contributed by atoms with van der Waals surface area (Å²) in [6, 6.07) is 1.81. The molecule has 5 nitrogen and oxygen atoms in total. The molecule has 2 heterocycles. The fraction of sp³-hybridized carbons (Fsp3) is 0.769. The van der Waals surface area contributed by atoms with Crippen LogP contribution in [0.2, 0.25) is 0 Å². The van der Waals surface area contributed by atoms with Crippen molar-refractivity contribution in [3.8, 4) is 0 Å². The molecule has 1 aliphatic heterocycles. The maximum absolute atomic E-state index is 11.5. The molecule has 1 unspecified atom stereocenters. The first-order valence-corrected chi connectivity index (χ1v) is 8.88. The van der Waals surface area contributed by atoms with Crippen LogP contribution in [-0.4, -0.2) is 29.7 Å². The van der Waals surface area contributed by atoms with Gasteiger partial charge in [-0.3, -0.25) is 0 Å². The van der Waals surface area contributed by atoms with E-state index < -0.39 is 9.84 Å². The third-order valence-electron chi connectivity index (χ3n) is 3.66. The summed E-state index contributed by atoms with van der Waals surface area (Å²) < 4.78 is 24.7. The minimum Gasteiger partial charge on any atom is -0.384 e. The number of aromatic nitrogens is 2. The lowest BCUT2D eigenvalue weighted by atomic mass is 10.1. The van der Waals surface area contributed by atoms with E-state index in [1.165, 1.54) is 19.3 Å². The van der Waals surface area contributed by atoms with E-state index in [2.05, 4.69) is 12.0 Å². The van der Waals surface area contributed by atoms with Gasteiger partial charge >= 0.3 is 0 Å². The molecule has 1 fully saturated rings. The number of unbranched alkanes of at least 4 members (excludes halogenated alkanes) is 3. The summed E-state index contributed by atoms with van der Waals surface area (Å²) in [6.45, 7) is 2.19. The molecule has 0 radical (unpaired) electrons. The van der Waals surface area contributed by atoms with E-state index in [9.17, 15) is 8.42 Å². The molecule has 0 spiro atoms. The number of nitrogens with two attached hydrogens (primary N) is 1. The molecular weight excluding hydrogens is 262 g/mol. The Morgan fingerprint density at radius 1 is 1.42 bits per heavy atom. The number of anilines is 1. The summed E-state index contributed by atoms with van der Waals surface area (Å²) >= 11 is 0. The molecule has 0 aromatic carbocycles. The van der Waals surface area contributed by atoms with Crippen LogP contribution in [0.1, 0.15) is 50.8 Å². The molecular formula is C13H23N3O2S.